The Morgan fingerprint density at radius 1 is 1.26 bits per heavy atom. The van der Waals surface area contributed by atoms with Crippen LogP contribution in [0.5, 0.6) is 0 Å². The summed E-state index contributed by atoms with van der Waals surface area (Å²) in [4.78, 5) is 27.9. The number of rotatable bonds is 7. The van der Waals surface area contributed by atoms with E-state index in [1.54, 1.807) is 31.1 Å². The van der Waals surface area contributed by atoms with Gasteiger partial charge in [0, 0.05) is 27.2 Å². The molecule has 3 N–H and O–H groups in total. The number of likely N-dealkylation sites (tertiary alicyclic amines) is 1. The zero-order valence-corrected chi connectivity index (χ0v) is 16.7. The van der Waals surface area contributed by atoms with Gasteiger partial charge in [0.15, 0.2) is 0 Å². The third-order valence-electron chi connectivity index (χ3n) is 4.65. The average molecular weight is 397 g/mol. The second-order valence-corrected chi connectivity index (χ2v) is 8.66. The summed E-state index contributed by atoms with van der Waals surface area (Å²) >= 11 is 0. The van der Waals surface area contributed by atoms with Crippen LogP contribution in [0.4, 0.5) is 0 Å². The predicted molar refractivity (Wildman–Crippen MR) is 102 cm³/mol. The summed E-state index contributed by atoms with van der Waals surface area (Å²) in [6, 6.07) is 6.30. The molecule has 0 bridgehead atoms. The molecule has 2 rings (SSSR count). The maximum absolute atomic E-state index is 12.2. The first kappa shape index (κ1) is 21.3. The molecule has 1 aromatic carbocycles. The van der Waals surface area contributed by atoms with Gasteiger partial charge < -0.3 is 10.2 Å². The first-order valence-electron chi connectivity index (χ1n) is 8.99. The van der Waals surface area contributed by atoms with Crippen molar-refractivity contribution in [2.75, 3.05) is 40.3 Å². The second-order valence-electron chi connectivity index (χ2n) is 7.10. The van der Waals surface area contributed by atoms with Crippen LogP contribution in [0.2, 0.25) is 0 Å². The van der Waals surface area contributed by atoms with Crippen LogP contribution in [-0.2, 0) is 26.0 Å². The topological polar surface area (TPSA) is 113 Å². The molecule has 27 heavy (non-hydrogen) atoms. The van der Waals surface area contributed by atoms with Gasteiger partial charge in [0.05, 0.1) is 17.4 Å². The molecular weight excluding hydrogens is 368 g/mol. The van der Waals surface area contributed by atoms with Crippen LogP contribution in [0.3, 0.4) is 0 Å². The Balaban J connectivity index is 1.75. The lowest BCUT2D eigenvalue weighted by Crippen LogP contribution is -2.46. The highest BCUT2D eigenvalue weighted by molar-refractivity contribution is 7.89. The van der Waals surface area contributed by atoms with Gasteiger partial charge in [-0.05, 0) is 43.5 Å². The lowest BCUT2D eigenvalue weighted by atomic mass is 9.97. The van der Waals surface area contributed by atoms with Crippen LogP contribution >= 0.6 is 0 Å². The fourth-order valence-corrected chi connectivity index (χ4v) is 3.73. The third-order valence-corrected chi connectivity index (χ3v) is 5.58. The number of nitrogens with two attached hydrogens (primary N) is 1. The number of primary sulfonamides is 1. The molecule has 1 aliphatic heterocycles. The summed E-state index contributed by atoms with van der Waals surface area (Å²) in [6.45, 7) is 2.17. The molecule has 0 aliphatic carbocycles. The average Bonchev–Trinajstić information content (AvgIpc) is 2.61. The number of benzene rings is 1. The lowest BCUT2D eigenvalue weighted by Gasteiger charge is -2.32. The fraction of sp³-hybridized carbons (Fsp3) is 0.556. The molecular formula is C18H28N4O4S. The minimum Gasteiger partial charge on any atom is -0.355 e. The molecule has 1 fully saturated rings. The van der Waals surface area contributed by atoms with Crippen LogP contribution in [0.1, 0.15) is 18.4 Å². The molecule has 0 spiro atoms. The maximum atomic E-state index is 12.2. The summed E-state index contributed by atoms with van der Waals surface area (Å²) in [5.74, 6) is -0.00366. The number of hydrogen-bond acceptors (Lipinski definition) is 5. The number of sulfonamides is 1. The van der Waals surface area contributed by atoms with Gasteiger partial charge in [0.1, 0.15) is 0 Å². The van der Waals surface area contributed by atoms with Gasteiger partial charge in [0.2, 0.25) is 21.8 Å². The van der Waals surface area contributed by atoms with E-state index in [4.69, 9.17) is 5.14 Å². The Labute approximate surface area is 160 Å². The molecule has 2 amide bonds. The zero-order valence-electron chi connectivity index (χ0n) is 15.8. The highest BCUT2D eigenvalue weighted by atomic mass is 32.2. The Bertz CT molecular complexity index is 762. The van der Waals surface area contributed by atoms with Crippen LogP contribution in [-0.4, -0.2) is 70.3 Å². The van der Waals surface area contributed by atoms with Gasteiger partial charge in [-0.25, -0.2) is 13.6 Å². The van der Waals surface area contributed by atoms with Crippen molar-refractivity contribution < 1.29 is 18.0 Å². The van der Waals surface area contributed by atoms with Gasteiger partial charge in [-0.3, -0.25) is 14.5 Å². The molecule has 1 aromatic rings. The maximum Gasteiger partial charge on any atom is 0.238 e. The molecule has 1 saturated heterocycles. The van der Waals surface area contributed by atoms with E-state index in [9.17, 15) is 18.0 Å². The van der Waals surface area contributed by atoms with Crippen molar-refractivity contribution in [2.45, 2.75) is 24.2 Å². The van der Waals surface area contributed by atoms with Crippen LogP contribution in [0, 0.1) is 5.92 Å². The summed E-state index contributed by atoms with van der Waals surface area (Å²) < 4.78 is 22.5. The summed E-state index contributed by atoms with van der Waals surface area (Å²) in [5.41, 5.74) is 0.914. The van der Waals surface area contributed by atoms with Crippen molar-refractivity contribution in [1.29, 1.82) is 0 Å². The third kappa shape index (κ3) is 6.60. The SMILES string of the molecule is CN(C)C(=O)C1CCCN(CC(=O)NCCc2ccc(S(N)(=O)=O)cc2)C1. The molecule has 1 unspecified atom stereocenters. The van der Waals surface area contributed by atoms with E-state index in [0.29, 0.717) is 19.5 Å². The number of piperidine rings is 1. The lowest BCUT2D eigenvalue weighted by molar-refractivity contribution is -0.135. The summed E-state index contributed by atoms with van der Waals surface area (Å²) in [5, 5.41) is 7.94. The molecule has 1 aliphatic rings. The van der Waals surface area contributed by atoms with E-state index in [-0.39, 0.29) is 29.2 Å². The van der Waals surface area contributed by atoms with E-state index in [0.717, 1.165) is 24.9 Å². The van der Waals surface area contributed by atoms with E-state index in [1.165, 1.54) is 12.1 Å². The fourth-order valence-electron chi connectivity index (χ4n) is 3.22. The van der Waals surface area contributed by atoms with Crippen LogP contribution in [0.25, 0.3) is 0 Å². The van der Waals surface area contributed by atoms with Crippen molar-refractivity contribution in [3.8, 4) is 0 Å². The molecule has 0 radical (unpaired) electrons. The zero-order chi connectivity index (χ0) is 20.0. The minimum absolute atomic E-state index is 0.0427. The normalized spacial score (nSPS) is 18.1. The summed E-state index contributed by atoms with van der Waals surface area (Å²) in [6.07, 6.45) is 2.37. The summed E-state index contributed by atoms with van der Waals surface area (Å²) in [7, 11) is -0.181. The highest BCUT2D eigenvalue weighted by Gasteiger charge is 2.27. The Kier molecular flexibility index (Phi) is 7.34. The molecule has 0 saturated carbocycles. The van der Waals surface area contributed by atoms with Gasteiger partial charge >= 0.3 is 0 Å². The number of amides is 2. The number of carbonyl (C=O) groups excluding carboxylic acids is 2. The molecule has 9 heteroatoms. The molecule has 1 atom stereocenters. The largest absolute Gasteiger partial charge is 0.355 e. The molecule has 0 aromatic heterocycles. The van der Waals surface area contributed by atoms with E-state index < -0.39 is 10.0 Å². The van der Waals surface area contributed by atoms with E-state index >= 15 is 0 Å². The monoisotopic (exact) mass is 396 g/mol. The first-order valence-corrected chi connectivity index (χ1v) is 10.5. The van der Waals surface area contributed by atoms with Gasteiger partial charge in [-0.15, -0.1) is 0 Å². The Morgan fingerprint density at radius 3 is 2.52 bits per heavy atom. The van der Waals surface area contributed by atoms with Crippen LogP contribution in [0.15, 0.2) is 29.2 Å². The predicted octanol–water partition coefficient (Wildman–Crippen LogP) is -0.207. The standard InChI is InChI=1S/C18H28N4O4S/c1-21(2)18(24)15-4-3-11-22(12-15)13-17(23)20-10-9-14-5-7-16(8-6-14)27(19,25)26/h5-8,15H,3-4,9-13H2,1-2H3,(H,20,23)(H2,19,25,26). The van der Waals surface area contributed by atoms with E-state index in [2.05, 4.69) is 5.32 Å². The van der Waals surface area contributed by atoms with Gasteiger partial charge in [-0.2, -0.15) is 0 Å². The molecule has 150 valence electrons. The smallest absolute Gasteiger partial charge is 0.238 e. The number of carbonyl (C=O) groups is 2. The van der Waals surface area contributed by atoms with Crippen molar-refractivity contribution in [2.24, 2.45) is 11.1 Å². The van der Waals surface area contributed by atoms with E-state index in [1.807, 2.05) is 4.90 Å². The van der Waals surface area contributed by atoms with Crippen molar-refractivity contribution in [1.82, 2.24) is 15.1 Å². The first-order chi connectivity index (χ1) is 12.7. The van der Waals surface area contributed by atoms with Gasteiger partial charge in [-0.1, -0.05) is 12.1 Å². The number of nitrogens with one attached hydrogen (secondary N) is 1. The molecule has 1 heterocycles. The van der Waals surface area contributed by atoms with Crippen molar-refractivity contribution in [3.05, 3.63) is 29.8 Å². The van der Waals surface area contributed by atoms with Gasteiger partial charge in [0.25, 0.3) is 0 Å². The van der Waals surface area contributed by atoms with Crippen LogP contribution < -0.4 is 10.5 Å². The number of hydrogen-bond donors (Lipinski definition) is 2. The molecule has 8 nitrogen and oxygen atoms in total. The number of nitrogens with zero attached hydrogens (tertiary/aromatic N) is 2. The highest BCUT2D eigenvalue weighted by Crippen LogP contribution is 2.17. The second kappa shape index (κ2) is 9.29. The van der Waals surface area contributed by atoms with Crippen molar-refractivity contribution >= 4 is 21.8 Å². The van der Waals surface area contributed by atoms with Crippen molar-refractivity contribution in [3.63, 3.8) is 0 Å². The Hall–Kier alpha value is -1.97. The quantitative estimate of drug-likeness (QED) is 0.662. The minimum atomic E-state index is -3.69. The Morgan fingerprint density at radius 2 is 1.93 bits per heavy atom.